The molecule has 84 valence electrons. The van der Waals surface area contributed by atoms with Crippen LogP contribution in [0.3, 0.4) is 0 Å². The number of aromatic nitrogens is 2. The summed E-state index contributed by atoms with van der Waals surface area (Å²) >= 11 is 3.48. The number of nitrogens with one attached hydrogen (secondary N) is 1. The monoisotopic (exact) mass is 280 g/mol. The van der Waals surface area contributed by atoms with Crippen molar-refractivity contribution in [3.05, 3.63) is 33.9 Å². The zero-order chi connectivity index (χ0) is 11.7. The normalized spacial score (nSPS) is 10.5. The molecular formula is C12H13BrN2O. The molecule has 1 aromatic carbocycles. The fourth-order valence-electron chi connectivity index (χ4n) is 1.74. The van der Waals surface area contributed by atoms with Gasteiger partial charge in [-0.05, 0) is 37.1 Å². The van der Waals surface area contributed by atoms with Crippen molar-refractivity contribution in [3.63, 3.8) is 0 Å². The fourth-order valence-corrected chi connectivity index (χ4v) is 2.10. The maximum Gasteiger partial charge on any atom is 0.240 e. The second kappa shape index (κ2) is 4.29. The molecule has 2 rings (SSSR count). The van der Waals surface area contributed by atoms with Crippen molar-refractivity contribution in [1.82, 2.24) is 10.2 Å². The molecule has 0 aliphatic carbocycles. The number of hydrogen-bond donors (Lipinski definition) is 1. The number of aromatic amines is 1. The molecule has 4 heteroatoms. The van der Waals surface area contributed by atoms with E-state index in [2.05, 4.69) is 45.2 Å². The van der Waals surface area contributed by atoms with Gasteiger partial charge < -0.3 is 4.74 Å². The largest absolute Gasteiger partial charge is 0.479 e. The third kappa shape index (κ3) is 1.85. The van der Waals surface area contributed by atoms with E-state index in [0.717, 1.165) is 21.3 Å². The van der Waals surface area contributed by atoms with Gasteiger partial charge in [0.05, 0.1) is 12.7 Å². The van der Waals surface area contributed by atoms with Crippen LogP contribution >= 0.6 is 15.9 Å². The van der Waals surface area contributed by atoms with Gasteiger partial charge in [-0.25, -0.2) is 0 Å². The highest BCUT2D eigenvalue weighted by Gasteiger charge is 2.14. The van der Waals surface area contributed by atoms with E-state index >= 15 is 0 Å². The minimum absolute atomic E-state index is 0.638. The molecular weight excluding hydrogens is 268 g/mol. The lowest BCUT2D eigenvalue weighted by atomic mass is 10.0. The SMILES string of the molecule is COc1n[nH]c(C)c1-c1cc(Br)ccc1C. The smallest absolute Gasteiger partial charge is 0.240 e. The first kappa shape index (κ1) is 11.2. The van der Waals surface area contributed by atoms with Crippen LogP contribution in [0.2, 0.25) is 0 Å². The van der Waals surface area contributed by atoms with Crippen molar-refractivity contribution in [1.29, 1.82) is 0 Å². The molecule has 0 aliphatic rings. The second-order valence-corrected chi connectivity index (χ2v) is 4.61. The number of methoxy groups -OCH3 is 1. The average Bonchev–Trinajstić information content (AvgIpc) is 2.63. The maximum atomic E-state index is 5.26. The summed E-state index contributed by atoms with van der Waals surface area (Å²) in [5.74, 6) is 0.638. The first-order valence-electron chi connectivity index (χ1n) is 4.99. The molecule has 1 heterocycles. The molecule has 0 aliphatic heterocycles. The van der Waals surface area contributed by atoms with Gasteiger partial charge in [0.2, 0.25) is 5.88 Å². The molecule has 16 heavy (non-hydrogen) atoms. The van der Waals surface area contributed by atoms with Crippen molar-refractivity contribution in [3.8, 4) is 17.0 Å². The van der Waals surface area contributed by atoms with E-state index in [9.17, 15) is 0 Å². The van der Waals surface area contributed by atoms with Crippen molar-refractivity contribution >= 4 is 15.9 Å². The number of benzene rings is 1. The topological polar surface area (TPSA) is 37.9 Å². The van der Waals surface area contributed by atoms with Gasteiger partial charge in [-0.15, -0.1) is 5.10 Å². The summed E-state index contributed by atoms with van der Waals surface area (Å²) in [6, 6.07) is 6.18. The third-order valence-corrected chi connectivity index (χ3v) is 3.07. The molecule has 0 radical (unpaired) electrons. The zero-order valence-electron chi connectivity index (χ0n) is 9.47. The van der Waals surface area contributed by atoms with Crippen molar-refractivity contribution in [2.75, 3.05) is 7.11 Å². The summed E-state index contributed by atoms with van der Waals surface area (Å²) in [6.45, 7) is 4.07. The van der Waals surface area contributed by atoms with Gasteiger partial charge in [-0.2, -0.15) is 0 Å². The molecule has 0 fully saturated rings. The number of ether oxygens (including phenoxy) is 1. The molecule has 0 atom stereocenters. The Balaban J connectivity index is 2.66. The van der Waals surface area contributed by atoms with Crippen LogP contribution < -0.4 is 4.74 Å². The Hall–Kier alpha value is -1.29. The number of aryl methyl sites for hydroxylation is 2. The Morgan fingerprint density at radius 1 is 1.31 bits per heavy atom. The van der Waals surface area contributed by atoms with E-state index in [1.165, 1.54) is 5.56 Å². The molecule has 1 aromatic heterocycles. The minimum atomic E-state index is 0.638. The molecule has 2 aromatic rings. The van der Waals surface area contributed by atoms with Crippen LogP contribution in [-0.2, 0) is 0 Å². The molecule has 0 saturated heterocycles. The van der Waals surface area contributed by atoms with Crippen LogP contribution in [0.25, 0.3) is 11.1 Å². The first-order valence-corrected chi connectivity index (χ1v) is 5.78. The number of rotatable bonds is 2. The standard InChI is InChI=1S/C12H13BrN2O/c1-7-4-5-9(13)6-10(7)11-8(2)14-15-12(11)16-3/h4-6H,1-3H3,(H,14,15). The molecule has 0 spiro atoms. The van der Waals surface area contributed by atoms with Crippen molar-refractivity contribution in [2.45, 2.75) is 13.8 Å². The highest BCUT2D eigenvalue weighted by molar-refractivity contribution is 9.10. The summed E-state index contributed by atoms with van der Waals surface area (Å²) in [5, 5.41) is 7.06. The average molecular weight is 281 g/mol. The summed E-state index contributed by atoms with van der Waals surface area (Å²) in [6.07, 6.45) is 0. The van der Waals surface area contributed by atoms with Gasteiger partial charge in [-0.1, -0.05) is 22.0 Å². The van der Waals surface area contributed by atoms with Gasteiger partial charge in [0.15, 0.2) is 0 Å². The Morgan fingerprint density at radius 3 is 2.75 bits per heavy atom. The molecule has 0 bridgehead atoms. The Bertz CT molecular complexity index is 520. The summed E-state index contributed by atoms with van der Waals surface area (Å²) in [4.78, 5) is 0. The fraction of sp³-hybridized carbons (Fsp3) is 0.250. The van der Waals surface area contributed by atoms with Crippen LogP contribution in [-0.4, -0.2) is 17.3 Å². The van der Waals surface area contributed by atoms with Crippen LogP contribution in [0.5, 0.6) is 5.88 Å². The Kier molecular flexibility index (Phi) is 3.01. The van der Waals surface area contributed by atoms with Crippen molar-refractivity contribution < 1.29 is 4.74 Å². The molecule has 0 unspecified atom stereocenters. The van der Waals surface area contributed by atoms with Crippen LogP contribution in [0.1, 0.15) is 11.3 Å². The van der Waals surface area contributed by atoms with E-state index in [0.29, 0.717) is 5.88 Å². The van der Waals surface area contributed by atoms with E-state index < -0.39 is 0 Å². The Morgan fingerprint density at radius 2 is 2.06 bits per heavy atom. The highest BCUT2D eigenvalue weighted by atomic mass is 79.9. The van der Waals surface area contributed by atoms with Gasteiger partial charge >= 0.3 is 0 Å². The summed E-state index contributed by atoms with van der Waals surface area (Å²) in [5.41, 5.74) is 4.38. The van der Waals surface area contributed by atoms with Gasteiger partial charge in [-0.3, -0.25) is 5.10 Å². The molecule has 1 N–H and O–H groups in total. The number of hydrogen-bond acceptors (Lipinski definition) is 2. The molecule has 3 nitrogen and oxygen atoms in total. The lowest BCUT2D eigenvalue weighted by Gasteiger charge is -2.07. The minimum Gasteiger partial charge on any atom is -0.479 e. The van der Waals surface area contributed by atoms with E-state index in [1.54, 1.807) is 7.11 Å². The van der Waals surface area contributed by atoms with Crippen LogP contribution in [0.15, 0.2) is 22.7 Å². The maximum absolute atomic E-state index is 5.26. The summed E-state index contributed by atoms with van der Waals surface area (Å²) < 4.78 is 6.31. The van der Waals surface area contributed by atoms with Crippen molar-refractivity contribution in [2.24, 2.45) is 0 Å². The molecule has 0 saturated carbocycles. The first-order chi connectivity index (χ1) is 7.63. The number of halogens is 1. The second-order valence-electron chi connectivity index (χ2n) is 3.69. The van der Waals surface area contributed by atoms with Crippen LogP contribution in [0.4, 0.5) is 0 Å². The molecule has 0 amide bonds. The highest BCUT2D eigenvalue weighted by Crippen LogP contribution is 2.34. The lowest BCUT2D eigenvalue weighted by Crippen LogP contribution is -1.89. The predicted octanol–water partition coefficient (Wildman–Crippen LogP) is 3.46. The van der Waals surface area contributed by atoms with Gasteiger partial charge in [0, 0.05) is 10.2 Å². The third-order valence-electron chi connectivity index (χ3n) is 2.58. The lowest BCUT2D eigenvalue weighted by molar-refractivity contribution is 0.398. The van der Waals surface area contributed by atoms with Gasteiger partial charge in [0.25, 0.3) is 0 Å². The van der Waals surface area contributed by atoms with E-state index in [-0.39, 0.29) is 0 Å². The zero-order valence-corrected chi connectivity index (χ0v) is 11.1. The van der Waals surface area contributed by atoms with Gasteiger partial charge in [0.1, 0.15) is 0 Å². The van der Waals surface area contributed by atoms with Crippen LogP contribution in [0, 0.1) is 13.8 Å². The number of nitrogens with zero attached hydrogens (tertiary/aromatic N) is 1. The Labute approximate surface area is 103 Å². The van der Waals surface area contributed by atoms with E-state index in [1.807, 2.05) is 13.0 Å². The predicted molar refractivity (Wildman–Crippen MR) is 67.7 cm³/mol. The number of H-pyrrole nitrogens is 1. The summed E-state index contributed by atoms with van der Waals surface area (Å²) in [7, 11) is 1.63. The van der Waals surface area contributed by atoms with E-state index in [4.69, 9.17) is 4.74 Å². The quantitative estimate of drug-likeness (QED) is 0.915.